The quantitative estimate of drug-likeness (QED) is 0.568. The first-order valence-corrected chi connectivity index (χ1v) is 11.7. The van der Waals surface area contributed by atoms with E-state index in [0.717, 1.165) is 44.6 Å². The molecule has 1 aliphatic rings. The number of carbonyl (C=O) groups is 1. The van der Waals surface area contributed by atoms with Crippen molar-refractivity contribution in [3.8, 4) is 0 Å². The fourth-order valence-electron chi connectivity index (χ4n) is 4.29. The Hall–Kier alpha value is -2.50. The van der Waals surface area contributed by atoms with E-state index in [1.807, 2.05) is 42.6 Å². The Kier molecular flexibility index (Phi) is 7.27. The molecule has 1 aromatic carbocycles. The Morgan fingerprint density at radius 3 is 2.77 bits per heavy atom. The highest BCUT2D eigenvalue weighted by molar-refractivity contribution is 7.07. The van der Waals surface area contributed by atoms with Crippen molar-refractivity contribution in [3.05, 3.63) is 88.4 Å². The fourth-order valence-corrected chi connectivity index (χ4v) is 4.95. The summed E-state index contributed by atoms with van der Waals surface area (Å²) in [4.78, 5) is 19.9. The maximum Gasteiger partial charge on any atom is 0.220 e. The molecule has 1 amide bonds. The topological polar surface area (TPSA) is 45.2 Å². The summed E-state index contributed by atoms with van der Waals surface area (Å²) < 4.78 is 0. The van der Waals surface area contributed by atoms with Crippen molar-refractivity contribution in [2.24, 2.45) is 5.92 Å². The lowest BCUT2D eigenvalue weighted by atomic mass is 9.88. The first-order chi connectivity index (χ1) is 14.8. The number of carbonyl (C=O) groups excluding carboxylic acids is 1. The number of benzene rings is 1. The Morgan fingerprint density at radius 1 is 1.13 bits per heavy atom. The number of hydrogen-bond donors (Lipinski definition) is 1. The Balaban J connectivity index is 1.42. The molecule has 4 nitrogen and oxygen atoms in total. The van der Waals surface area contributed by atoms with Gasteiger partial charge in [-0.1, -0.05) is 36.4 Å². The van der Waals surface area contributed by atoms with E-state index in [1.165, 1.54) is 11.1 Å². The van der Waals surface area contributed by atoms with Gasteiger partial charge in [0, 0.05) is 25.7 Å². The normalized spacial score (nSPS) is 18.1. The van der Waals surface area contributed by atoms with Gasteiger partial charge in [0.2, 0.25) is 5.91 Å². The molecule has 156 valence electrons. The van der Waals surface area contributed by atoms with Crippen molar-refractivity contribution < 1.29 is 4.79 Å². The Morgan fingerprint density at radius 2 is 2.00 bits per heavy atom. The van der Waals surface area contributed by atoms with E-state index < -0.39 is 0 Å². The molecular weight excluding hydrogens is 390 g/mol. The Labute approximate surface area is 183 Å². The van der Waals surface area contributed by atoms with Crippen molar-refractivity contribution in [3.63, 3.8) is 0 Å². The van der Waals surface area contributed by atoms with Crippen LogP contribution in [0.5, 0.6) is 0 Å². The molecule has 5 heteroatoms. The van der Waals surface area contributed by atoms with Gasteiger partial charge in [-0.15, -0.1) is 0 Å². The molecule has 0 aliphatic carbocycles. The van der Waals surface area contributed by atoms with Crippen molar-refractivity contribution >= 4 is 17.2 Å². The number of thiophene rings is 1. The number of nitrogens with zero attached hydrogens (tertiary/aromatic N) is 2. The van der Waals surface area contributed by atoms with Crippen LogP contribution in [0.15, 0.2) is 71.6 Å². The zero-order valence-electron chi connectivity index (χ0n) is 17.2. The average Bonchev–Trinajstić information content (AvgIpc) is 3.30. The monoisotopic (exact) mass is 419 g/mol. The van der Waals surface area contributed by atoms with Gasteiger partial charge in [-0.25, -0.2) is 0 Å². The first-order valence-electron chi connectivity index (χ1n) is 10.8. The van der Waals surface area contributed by atoms with Gasteiger partial charge in [0.25, 0.3) is 0 Å². The standard InChI is InChI=1S/C25H29N3OS/c29-24(12-11-20-7-2-1-3-8-20)27-25(23-10-4-5-14-26-23)22-9-6-15-28(18-22)17-21-13-16-30-19-21/h1-5,7-8,10,13-14,16,19,22,25H,6,9,11-12,15,17-18H2,(H,27,29)/t22-,25-/m1/s1. The number of nitrogens with one attached hydrogen (secondary N) is 1. The minimum atomic E-state index is -0.0419. The second-order valence-electron chi connectivity index (χ2n) is 8.05. The maximum atomic E-state index is 12.8. The number of aromatic nitrogens is 1. The molecule has 30 heavy (non-hydrogen) atoms. The molecule has 1 fully saturated rings. The molecule has 0 saturated carbocycles. The van der Waals surface area contributed by atoms with Gasteiger partial charge >= 0.3 is 0 Å². The van der Waals surface area contributed by atoms with E-state index >= 15 is 0 Å². The van der Waals surface area contributed by atoms with Crippen molar-refractivity contribution in [2.45, 2.75) is 38.3 Å². The largest absolute Gasteiger partial charge is 0.347 e. The van der Waals surface area contributed by atoms with Gasteiger partial charge < -0.3 is 5.32 Å². The van der Waals surface area contributed by atoms with Gasteiger partial charge in [-0.3, -0.25) is 14.7 Å². The number of likely N-dealkylation sites (tertiary alicyclic amines) is 1. The molecule has 4 rings (SSSR count). The van der Waals surface area contributed by atoms with E-state index in [2.05, 4.69) is 44.2 Å². The minimum Gasteiger partial charge on any atom is -0.347 e. The summed E-state index contributed by atoms with van der Waals surface area (Å²) in [7, 11) is 0. The second-order valence-corrected chi connectivity index (χ2v) is 8.83. The van der Waals surface area contributed by atoms with Crippen LogP contribution in [-0.2, 0) is 17.8 Å². The van der Waals surface area contributed by atoms with Crippen LogP contribution in [0.1, 0.15) is 42.1 Å². The number of piperidine rings is 1. The molecule has 0 bridgehead atoms. The van der Waals surface area contributed by atoms with Gasteiger partial charge in [0.05, 0.1) is 11.7 Å². The van der Waals surface area contributed by atoms with Crippen molar-refractivity contribution in [1.29, 1.82) is 0 Å². The highest BCUT2D eigenvalue weighted by atomic mass is 32.1. The van der Waals surface area contributed by atoms with Crippen LogP contribution in [0.2, 0.25) is 0 Å². The minimum absolute atomic E-state index is 0.0419. The van der Waals surface area contributed by atoms with Gasteiger partial charge in [0.15, 0.2) is 0 Å². The molecule has 0 radical (unpaired) electrons. The molecule has 2 aromatic heterocycles. The molecule has 1 N–H and O–H groups in total. The first kappa shape index (κ1) is 20.8. The van der Waals surface area contributed by atoms with Crippen LogP contribution in [0, 0.1) is 5.92 Å². The Bertz CT molecular complexity index is 899. The zero-order valence-corrected chi connectivity index (χ0v) is 18.1. The van der Waals surface area contributed by atoms with Crippen LogP contribution >= 0.6 is 11.3 Å². The molecule has 0 unspecified atom stereocenters. The summed E-state index contributed by atoms with van der Waals surface area (Å²) in [5.74, 6) is 0.470. The number of pyridine rings is 1. The van der Waals surface area contributed by atoms with E-state index in [4.69, 9.17) is 0 Å². The second kappa shape index (κ2) is 10.5. The SMILES string of the molecule is O=C(CCc1ccccc1)N[C@@H](c1ccccn1)[C@@H]1CCCN(Cc2ccsc2)C1. The summed E-state index contributed by atoms with van der Waals surface area (Å²) in [6.45, 7) is 3.08. The predicted molar refractivity (Wildman–Crippen MR) is 122 cm³/mol. The summed E-state index contributed by atoms with van der Waals surface area (Å²) in [6.07, 6.45) is 5.35. The lowest BCUT2D eigenvalue weighted by Gasteiger charge is -2.37. The summed E-state index contributed by atoms with van der Waals surface area (Å²) in [6, 6.07) is 18.3. The number of hydrogen-bond acceptors (Lipinski definition) is 4. The van der Waals surface area contributed by atoms with Gasteiger partial charge in [-0.2, -0.15) is 11.3 Å². The van der Waals surface area contributed by atoms with E-state index in [-0.39, 0.29) is 11.9 Å². The van der Waals surface area contributed by atoms with Crippen molar-refractivity contribution in [1.82, 2.24) is 15.2 Å². The summed E-state index contributed by atoms with van der Waals surface area (Å²) >= 11 is 1.75. The third-order valence-electron chi connectivity index (χ3n) is 5.81. The zero-order chi connectivity index (χ0) is 20.6. The summed E-state index contributed by atoms with van der Waals surface area (Å²) in [5, 5.41) is 7.69. The van der Waals surface area contributed by atoms with Gasteiger partial charge in [-0.05, 0) is 71.8 Å². The molecular formula is C25H29N3OS. The molecule has 1 aliphatic heterocycles. The average molecular weight is 420 g/mol. The summed E-state index contributed by atoms with van der Waals surface area (Å²) in [5.41, 5.74) is 3.54. The molecule has 3 heterocycles. The van der Waals surface area contributed by atoms with E-state index in [1.54, 1.807) is 11.3 Å². The fraction of sp³-hybridized carbons (Fsp3) is 0.360. The smallest absolute Gasteiger partial charge is 0.220 e. The predicted octanol–water partition coefficient (Wildman–Crippen LogP) is 4.85. The lowest BCUT2D eigenvalue weighted by Crippen LogP contribution is -2.43. The third kappa shape index (κ3) is 5.77. The number of amides is 1. The van der Waals surface area contributed by atoms with Crippen LogP contribution < -0.4 is 5.32 Å². The third-order valence-corrected chi connectivity index (χ3v) is 6.54. The molecule has 3 aromatic rings. The van der Waals surface area contributed by atoms with Crippen molar-refractivity contribution in [2.75, 3.05) is 13.1 Å². The van der Waals surface area contributed by atoms with E-state index in [9.17, 15) is 4.79 Å². The van der Waals surface area contributed by atoms with Crippen LogP contribution in [0.3, 0.4) is 0 Å². The van der Waals surface area contributed by atoms with E-state index in [0.29, 0.717) is 12.3 Å². The molecule has 2 atom stereocenters. The lowest BCUT2D eigenvalue weighted by molar-refractivity contribution is -0.122. The van der Waals surface area contributed by atoms with Gasteiger partial charge in [0.1, 0.15) is 0 Å². The van der Waals surface area contributed by atoms with Crippen LogP contribution in [-0.4, -0.2) is 28.9 Å². The highest BCUT2D eigenvalue weighted by Gasteiger charge is 2.30. The van der Waals surface area contributed by atoms with Crippen LogP contribution in [0.4, 0.5) is 0 Å². The van der Waals surface area contributed by atoms with Crippen LogP contribution in [0.25, 0.3) is 0 Å². The maximum absolute atomic E-state index is 12.8. The highest BCUT2D eigenvalue weighted by Crippen LogP contribution is 2.30. The molecule has 0 spiro atoms. The number of rotatable bonds is 8. The number of aryl methyl sites for hydroxylation is 1. The molecule has 1 saturated heterocycles.